The number of nitrogens with one attached hydrogen (secondary N) is 2. The Morgan fingerprint density at radius 1 is 1.14 bits per heavy atom. The molecule has 114 valence electrons. The number of hydrogen-bond acceptors (Lipinski definition) is 2. The van der Waals surface area contributed by atoms with E-state index in [2.05, 4.69) is 15.0 Å². The lowest BCUT2D eigenvalue weighted by Crippen LogP contribution is -2.31. The first-order chi connectivity index (χ1) is 10.0. The Hall–Kier alpha value is -1.37. The summed E-state index contributed by atoms with van der Waals surface area (Å²) in [6.45, 7) is 0. The Morgan fingerprint density at radius 3 is 2.62 bits per heavy atom. The van der Waals surface area contributed by atoms with E-state index in [1.54, 1.807) is 0 Å². The molecule has 1 fully saturated rings. The molecule has 0 unspecified atom stereocenters. The Balaban J connectivity index is 1.78. The third-order valence-corrected chi connectivity index (χ3v) is 4.58. The Morgan fingerprint density at radius 2 is 1.90 bits per heavy atom. The first kappa shape index (κ1) is 14.6. The lowest BCUT2D eigenvalue weighted by atomic mass is 9.96. The summed E-state index contributed by atoms with van der Waals surface area (Å²) in [5.41, 5.74) is -0.184. The van der Waals surface area contributed by atoms with Crippen molar-refractivity contribution >= 4 is 23.6 Å². The normalized spacial score (nSPS) is 21.6. The predicted molar refractivity (Wildman–Crippen MR) is 78.4 cm³/mol. The average Bonchev–Trinajstić information content (AvgIpc) is 2.46. The lowest BCUT2D eigenvalue weighted by Gasteiger charge is -2.24. The van der Waals surface area contributed by atoms with Crippen LogP contribution >= 0.6 is 11.9 Å². The van der Waals surface area contributed by atoms with Crippen molar-refractivity contribution in [2.75, 3.05) is 5.32 Å². The molecule has 21 heavy (non-hydrogen) atoms. The van der Waals surface area contributed by atoms with Crippen LogP contribution in [0, 0.1) is 0 Å². The van der Waals surface area contributed by atoms with Crippen molar-refractivity contribution in [2.24, 2.45) is 4.99 Å². The summed E-state index contributed by atoms with van der Waals surface area (Å²) in [6.07, 6.45) is 1.36. The maximum absolute atomic E-state index is 12.7. The number of anilines is 1. The number of halogens is 3. The standard InChI is InChI=1S/C14H16F3N3S/c15-14(16,17)9-6-7-12-11(8-9)19-13(20-21-12)18-10-4-2-1-3-5-10/h6-8,10H,1-5H2,(H2,18,19,20). The van der Waals surface area contributed by atoms with Crippen molar-refractivity contribution in [1.29, 1.82) is 0 Å². The van der Waals surface area contributed by atoms with Gasteiger partial charge in [-0.3, -0.25) is 4.72 Å². The minimum absolute atomic E-state index is 0.265. The van der Waals surface area contributed by atoms with Crippen LogP contribution < -0.4 is 10.0 Å². The molecule has 3 rings (SSSR count). The second kappa shape index (κ2) is 5.79. The quantitative estimate of drug-likeness (QED) is 0.753. The van der Waals surface area contributed by atoms with E-state index in [-0.39, 0.29) is 6.04 Å². The zero-order chi connectivity index (χ0) is 14.9. The van der Waals surface area contributed by atoms with E-state index >= 15 is 0 Å². The van der Waals surface area contributed by atoms with Crippen LogP contribution in [0.4, 0.5) is 18.9 Å². The SMILES string of the molecule is FC(F)(F)c1ccc2c(c1)NC(=NC1CCCCC1)NS2. The summed E-state index contributed by atoms with van der Waals surface area (Å²) in [4.78, 5) is 5.32. The molecule has 1 aliphatic carbocycles. The van der Waals surface area contributed by atoms with E-state index < -0.39 is 11.7 Å². The second-order valence-electron chi connectivity index (χ2n) is 5.31. The monoisotopic (exact) mass is 315 g/mol. The lowest BCUT2D eigenvalue weighted by molar-refractivity contribution is -0.137. The van der Waals surface area contributed by atoms with Gasteiger partial charge in [0.1, 0.15) is 0 Å². The predicted octanol–water partition coefficient (Wildman–Crippen LogP) is 4.42. The molecule has 0 spiro atoms. The van der Waals surface area contributed by atoms with Crippen molar-refractivity contribution < 1.29 is 13.2 Å². The van der Waals surface area contributed by atoms with Gasteiger partial charge in [-0.05, 0) is 43.0 Å². The van der Waals surface area contributed by atoms with E-state index in [9.17, 15) is 13.2 Å². The summed E-state index contributed by atoms with van der Waals surface area (Å²) in [5, 5.41) is 2.97. The number of fused-ring (bicyclic) bond motifs is 1. The van der Waals surface area contributed by atoms with Crippen molar-refractivity contribution in [3.05, 3.63) is 23.8 Å². The summed E-state index contributed by atoms with van der Waals surface area (Å²) in [7, 11) is 0. The van der Waals surface area contributed by atoms with Gasteiger partial charge >= 0.3 is 6.18 Å². The molecular weight excluding hydrogens is 299 g/mol. The molecule has 2 aliphatic rings. The van der Waals surface area contributed by atoms with E-state index in [1.807, 2.05) is 0 Å². The molecule has 1 aromatic rings. The number of rotatable bonds is 1. The Bertz CT molecular complexity index is 551. The topological polar surface area (TPSA) is 36.4 Å². The van der Waals surface area contributed by atoms with E-state index in [0.29, 0.717) is 11.6 Å². The Labute approximate surface area is 125 Å². The number of nitrogens with zero attached hydrogens (tertiary/aromatic N) is 1. The number of hydrogen-bond donors (Lipinski definition) is 2. The molecule has 0 atom stereocenters. The molecule has 0 bridgehead atoms. The number of aliphatic imine (C=N–C) groups is 1. The summed E-state index contributed by atoms with van der Waals surface area (Å²) < 4.78 is 41.3. The highest BCUT2D eigenvalue weighted by atomic mass is 32.2. The molecule has 2 N–H and O–H groups in total. The third kappa shape index (κ3) is 3.45. The first-order valence-electron chi connectivity index (χ1n) is 7.01. The van der Waals surface area contributed by atoms with E-state index in [1.165, 1.54) is 37.3 Å². The van der Waals surface area contributed by atoms with Crippen LogP contribution in [-0.2, 0) is 6.18 Å². The van der Waals surface area contributed by atoms with Crippen molar-refractivity contribution in [2.45, 2.75) is 49.2 Å². The maximum Gasteiger partial charge on any atom is 0.416 e. The zero-order valence-corrected chi connectivity index (χ0v) is 12.2. The van der Waals surface area contributed by atoms with Gasteiger partial charge in [-0.2, -0.15) is 13.2 Å². The van der Waals surface area contributed by atoms with Crippen LogP contribution in [0.15, 0.2) is 28.1 Å². The molecule has 0 amide bonds. The van der Waals surface area contributed by atoms with Gasteiger partial charge in [0.15, 0.2) is 0 Å². The molecule has 3 nitrogen and oxygen atoms in total. The van der Waals surface area contributed by atoms with Crippen molar-refractivity contribution in [1.82, 2.24) is 4.72 Å². The number of alkyl halides is 3. The van der Waals surface area contributed by atoms with Gasteiger partial charge in [0.25, 0.3) is 0 Å². The first-order valence-corrected chi connectivity index (χ1v) is 7.83. The zero-order valence-electron chi connectivity index (χ0n) is 11.3. The molecular formula is C14H16F3N3S. The van der Waals surface area contributed by atoms with Crippen LogP contribution in [0.3, 0.4) is 0 Å². The largest absolute Gasteiger partial charge is 0.416 e. The highest BCUT2D eigenvalue weighted by Crippen LogP contribution is 2.36. The van der Waals surface area contributed by atoms with Crippen molar-refractivity contribution in [3.63, 3.8) is 0 Å². The number of guanidine groups is 1. The van der Waals surface area contributed by atoms with Gasteiger partial charge < -0.3 is 5.32 Å². The maximum atomic E-state index is 12.7. The fourth-order valence-corrected chi connectivity index (χ4v) is 3.27. The van der Waals surface area contributed by atoms with E-state index in [4.69, 9.17) is 0 Å². The molecule has 1 aliphatic heterocycles. The summed E-state index contributed by atoms with van der Waals surface area (Å²) in [5.74, 6) is 0.554. The fourth-order valence-electron chi connectivity index (χ4n) is 2.60. The molecule has 0 aromatic heterocycles. The molecule has 1 aromatic carbocycles. The van der Waals surface area contributed by atoms with Gasteiger partial charge in [0.2, 0.25) is 5.96 Å². The Kier molecular flexibility index (Phi) is 4.01. The van der Waals surface area contributed by atoms with Crippen molar-refractivity contribution in [3.8, 4) is 0 Å². The molecule has 1 heterocycles. The average molecular weight is 315 g/mol. The van der Waals surface area contributed by atoms with Crippen LogP contribution in [0.25, 0.3) is 0 Å². The van der Waals surface area contributed by atoms with Crippen LogP contribution in [-0.4, -0.2) is 12.0 Å². The molecule has 7 heteroatoms. The summed E-state index contributed by atoms with van der Waals surface area (Å²) in [6, 6.07) is 3.97. The smallest absolute Gasteiger partial charge is 0.325 e. The van der Waals surface area contributed by atoms with Gasteiger partial charge in [-0.15, -0.1) is 0 Å². The van der Waals surface area contributed by atoms with Crippen LogP contribution in [0.1, 0.15) is 37.7 Å². The van der Waals surface area contributed by atoms with Gasteiger partial charge in [-0.25, -0.2) is 4.99 Å². The van der Waals surface area contributed by atoms with Crippen LogP contribution in [0.2, 0.25) is 0 Å². The molecule has 0 saturated heterocycles. The number of benzene rings is 1. The third-order valence-electron chi connectivity index (χ3n) is 3.70. The molecule has 0 radical (unpaired) electrons. The van der Waals surface area contributed by atoms with Gasteiger partial charge in [-0.1, -0.05) is 19.3 Å². The highest BCUT2D eigenvalue weighted by Gasteiger charge is 2.31. The highest BCUT2D eigenvalue weighted by molar-refractivity contribution is 7.98. The minimum atomic E-state index is -4.33. The minimum Gasteiger partial charge on any atom is -0.325 e. The molecule has 1 saturated carbocycles. The van der Waals surface area contributed by atoms with E-state index in [0.717, 1.165) is 29.9 Å². The second-order valence-corrected chi connectivity index (χ2v) is 6.16. The van der Waals surface area contributed by atoms with Gasteiger partial charge in [0, 0.05) is 0 Å². The summed E-state index contributed by atoms with van der Waals surface area (Å²) >= 11 is 1.29. The van der Waals surface area contributed by atoms with Crippen LogP contribution in [0.5, 0.6) is 0 Å². The fraction of sp³-hybridized carbons (Fsp3) is 0.500. The van der Waals surface area contributed by atoms with Gasteiger partial charge in [0.05, 0.1) is 22.2 Å².